The summed E-state index contributed by atoms with van der Waals surface area (Å²) in [6.45, 7) is 6.36. The van der Waals surface area contributed by atoms with Gasteiger partial charge in [0.25, 0.3) is 5.91 Å². The lowest BCUT2D eigenvalue weighted by Crippen LogP contribution is -2.37. The Kier molecular flexibility index (Phi) is 4.78. The molecular weight excluding hydrogens is 262 g/mol. The molecule has 0 aliphatic heterocycles. The average Bonchev–Trinajstić information content (AvgIpc) is 2.49. The number of amides is 1. The number of pyridine rings is 1. The van der Waals surface area contributed by atoms with Crippen LogP contribution in [0.5, 0.6) is 0 Å². The first-order valence-electron chi connectivity index (χ1n) is 7.52. The molecule has 1 aromatic heterocycles. The van der Waals surface area contributed by atoms with E-state index < -0.39 is 0 Å². The number of fused-ring (bicyclic) bond motifs is 1. The van der Waals surface area contributed by atoms with Gasteiger partial charge in [-0.05, 0) is 18.2 Å². The Morgan fingerprint density at radius 2 is 1.86 bits per heavy atom. The summed E-state index contributed by atoms with van der Waals surface area (Å²) in [6, 6.07) is 7.74. The van der Waals surface area contributed by atoms with Crippen molar-refractivity contribution < 1.29 is 4.79 Å². The summed E-state index contributed by atoms with van der Waals surface area (Å²) >= 11 is 0. The number of hydrogen-bond acceptors (Lipinski definition) is 3. The third-order valence-electron chi connectivity index (χ3n) is 4.19. The summed E-state index contributed by atoms with van der Waals surface area (Å²) in [5.41, 5.74) is 6.46. The van der Waals surface area contributed by atoms with Crippen molar-refractivity contribution >= 4 is 22.5 Å². The van der Waals surface area contributed by atoms with Crippen LogP contribution in [0.3, 0.4) is 0 Å². The number of rotatable bonds is 5. The van der Waals surface area contributed by atoms with Crippen LogP contribution in [0.15, 0.2) is 30.5 Å². The molecule has 0 fully saturated rings. The van der Waals surface area contributed by atoms with E-state index in [-0.39, 0.29) is 11.9 Å². The lowest BCUT2D eigenvalue weighted by molar-refractivity contribution is 0.0926. The van der Waals surface area contributed by atoms with Gasteiger partial charge < -0.3 is 11.1 Å². The van der Waals surface area contributed by atoms with Crippen LogP contribution in [0.1, 0.15) is 44.0 Å². The molecule has 0 saturated heterocycles. The van der Waals surface area contributed by atoms with Gasteiger partial charge in [-0.25, -0.2) is 4.98 Å². The SMILES string of the molecule is CCC(CC)C(C)NC(=O)c1cnc(N)c2ccccc12. The summed E-state index contributed by atoms with van der Waals surface area (Å²) in [4.78, 5) is 16.7. The third-order valence-corrected chi connectivity index (χ3v) is 4.19. The highest BCUT2D eigenvalue weighted by Crippen LogP contribution is 2.22. The number of anilines is 1. The molecule has 1 aromatic carbocycles. The summed E-state index contributed by atoms with van der Waals surface area (Å²) in [5.74, 6) is 0.857. The first kappa shape index (κ1) is 15.3. The van der Waals surface area contributed by atoms with Gasteiger partial charge in [0.05, 0.1) is 5.56 Å². The molecule has 1 amide bonds. The molecule has 0 bridgehead atoms. The molecule has 0 aliphatic rings. The molecule has 0 saturated carbocycles. The van der Waals surface area contributed by atoms with Crippen LogP contribution in [-0.4, -0.2) is 16.9 Å². The maximum atomic E-state index is 12.5. The summed E-state index contributed by atoms with van der Waals surface area (Å²) < 4.78 is 0. The van der Waals surface area contributed by atoms with E-state index in [1.54, 1.807) is 6.20 Å². The van der Waals surface area contributed by atoms with Gasteiger partial charge in [-0.3, -0.25) is 4.79 Å². The van der Waals surface area contributed by atoms with Crippen molar-refractivity contribution in [3.8, 4) is 0 Å². The molecule has 0 spiro atoms. The zero-order valence-electron chi connectivity index (χ0n) is 12.9. The van der Waals surface area contributed by atoms with Crippen LogP contribution in [-0.2, 0) is 0 Å². The number of hydrogen-bond donors (Lipinski definition) is 2. The molecule has 21 heavy (non-hydrogen) atoms. The van der Waals surface area contributed by atoms with Gasteiger partial charge in [0.2, 0.25) is 0 Å². The van der Waals surface area contributed by atoms with Gasteiger partial charge in [0.15, 0.2) is 0 Å². The monoisotopic (exact) mass is 285 g/mol. The number of nitrogens with zero attached hydrogens (tertiary/aromatic N) is 1. The first-order chi connectivity index (χ1) is 10.1. The minimum Gasteiger partial charge on any atom is -0.383 e. The van der Waals surface area contributed by atoms with E-state index in [0.717, 1.165) is 23.6 Å². The second kappa shape index (κ2) is 6.57. The Bertz CT molecular complexity index is 635. The third kappa shape index (κ3) is 3.15. The van der Waals surface area contributed by atoms with E-state index in [1.165, 1.54) is 0 Å². The second-order valence-corrected chi connectivity index (χ2v) is 5.44. The number of benzene rings is 1. The normalized spacial score (nSPS) is 12.6. The van der Waals surface area contributed by atoms with Gasteiger partial charge in [0.1, 0.15) is 5.82 Å². The fourth-order valence-electron chi connectivity index (χ4n) is 2.79. The van der Waals surface area contributed by atoms with Crippen molar-refractivity contribution in [2.45, 2.75) is 39.7 Å². The molecule has 1 unspecified atom stereocenters. The van der Waals surface area contributed by atoms with Crippen molar-refractivity contribution in [3.05, 3.63) is 36.0 Å². The number of nitrogens with two attached hydrogens (primary N) is 1. The minimum atomic E-state index is -0.0851. The Morgan fingerprint density at radius 1 is 1.24 bits per heavy atom. The highest BCUT2D eigenvalue weighted by molar-refractivity contribution is 6.09. The van der Waals surface area contributed by atoms with Crippen LogP contribution in [0.4, 0.5) is 5.82 Å². The number of nitrogen functional groups attached to an aromatic ring is 1. The molecule has 2 rings (SSSR count). The minimum absolute atomic E-state index is 0.0851. The smallest absolute Gasteiger partial charge is 0.253 e. The quantitative estimate of drug-likeness (QED) is 0.885. The topological polar surface area (TPSA) is 68.0 Å². The Hall–Kier alpha value is -2.10. The van der Waals surface area contributed by atoms with Crippen molar-refractivity contribution in [2.24, 2.45) is 5.92 Å². The van der Waals surface area contributed by atoms with E-state index in [2.05, 4.69) is 31.1 Å². The van der Waals surface area contributed by atoms with Crippen LogP contribution < -0.4 is 11.1 Å². The molecule has 0 aliphatic carbocycles. The molecule has 0 radical (unpaired) electrons. The maximum Gasteiger partial charge on any atom is 0.253 e. The molecule has 1 atom stereocenters. The number of aromatic nitrogens is 1. The Morgan fingerprint density at radius 3 is 2.48 bits per heavy atom. The number of nitrogens with one attached hydrogen (secondary N) is 1. The Balaban J connectivity index is 2.30. The van der Waals surface area contributed by atoms with Crippen LogP contribution in [0.2, 0.25) is 0 Å². The molecular formula is C17H23N3O. The van der Waals surface area contributed by atoms with Crippen molar-refractivity contribution in [1.29, 1.82) is 0 Å². The van der Waals surface area contributed by atoms with Gasteiger partial charge in [0, 0.05) is 17.6 Å². The zero-order valence-corrected chi connectivity index (χ0v) is 12.9. The van der Waals surface area contributed by atoms with E-state index in [0.29, 0.717) is 17.3 Å². The van der Waals surface area contributed by atoms with E-state index in [4.69, 9.17) is 5.73 Å². The fraction of sp³-hybridized carbons (Fsp3) is 0.412. The number of carbonyl (C=O) groups is 1. The van der Waals surface area contributed by atoms with E-state index in [9.17, 15) is 4.79 Å². The zero-order chi connectivity index (χ0) is 15.4. The van der Waals surface area contributed by atoms with Gasteiger partial charge in [-0.2, -0.15) is 0 Å². The lowest BCUT2D eigenvalue weighted by Gasteiger charge is -2.22. The summed E-state index contributed by atoms with van der Waals surface area (Å²) in [7, 11) is 0. The van der Waals surface area contributed by atoms with Gasteiger partial charge in [-0.15, -0.1) is 0 Å². The molecule has 1 heterocycles. The van der Waals surface area contributed by atoms with E-state index >= 15 is 0 Å². The average molecular weight is 285 g/mol. The van der Waals surface area contributed by atoms with Gasteiger partial charge in [-0.1, -0.05) is 51.0 Å². The lowest BCUT2D eigenvalue weighted by atomic mass is 9.95. The predicted octanol–water partition coefficient (Wildman–Crippen LogP) is 3.37. The standard InChI is InChI=1S/C17H23N3O/c1-4-12(5-2)11(3)20-17(21)15-10-19-16(18)14-9-7-6-8-13(14)15/h6-12H,4-5H2,1-3H3,(H2,18,19)(H,20,21). The molecule has 4 heteroatoms. The van der Waals surface area contributed by atoms with Crippen molar-refractivity contribution in [2.75, 3.05) is 5.73 Å². The predicted molar refractivity (Wildman–Crippen MR) is 87.2 cm³/mol. The summed E-state index contributed by atoms with van der Waals surface area (Å²) in [6.07, 6.45) is 3.67. The van der Waals surface area contributed by atoms with Crippen molar-refractivity contribution in [1.82, 2.24) is 10.3 Å². The van der Waals surface area contributed by atoms with Crippen LogP contribution in [0.25, 0.3) is 10.8 Å². The first-order valence-corrected chi connectivity index (χ1v) is 7.52. The number of carbonyl (C=O) groups excluding carboxylic acids is 1. The molecule has 4 nitrogen and oxygen atoms in total. The molecule has 2 aromatic rings. The maximum absolute atomic E-state index is 12.5. The molecule has 112 valence electrons. The summed E-state index contributed by atoms with van der Waals surface area (Å²) in [5, 5.41) is 4.76. The Labute approximate surface area is 125 Å². The van der Waals surface area contributed by atoms with Crippen LogP contribution in [0, 0.1) is 5.92 Å². The van der Waals surface area contributed by atoms with Crippen molar-refractivity contribution in [3.63, 3.8) is 0 Å². The largest absolute Gasteiger partial charge is 0.383 e. The highest BCUT2D eigenvalue weighted by atomic mass is 16.1. The molecule has 3 N–H and O–H groups in total. The van der Waals surface area contributed by atoms with E-state index in [1.807, 2.05) is 24.3 Å². The fourth-order valence-corrected chi connectivity index (χ4v) is 2.79. The van der Waals surface area contributed by atoms with Gasteiger partial charge >= 0.3 is 0 Å². The second-order valence-electron chi connectivity index (χ2n) is 5.44. The highest BCUT2D eigenvalue weighted by Gasteiger charge is 2.18. The van der Waals surface area contributed by atoms with Crippen LogP contribution >= 0.6 is 0 Å².